The second-order valence-corrected chi connectivity index (χ2v) is 5.33. The molecule has 4 heteroatoms. The second-order valence-electron chi connectivity index (χ2n) is 5.33. The van der Waals surface area contributed by atoms with Crippen LogP contribution in [0.3, 0.4) is 0 Å². The predicted molar refractivity (Wildman–Crippen MR) is 62.0 cm³/mol. The van der Waals surface area contributed by atoms with Crippen molar-refractivity contribution in [1.29, 1.82) is 0 Å². The van der Waals surface area contributed by atoms with E-state index in [0.717, 1.165) is 0 Å². The molecule has 0 aromatic carbocycles. The molecule has 4 nitrogen and oxygen atoms in total. The zero-order chi connectivity index (χ0) is 13.0. The van der Waals surface area contributed by atoms with Crippen molar-refractivity contribution in [2.45, 2.75) is 59.2 Å². The third-order valence-corrected chi connectivity index (χ3v) is 1.76. The van der Waals surface area contributed by atoms with Gasteiger partial charge in [0.1, 0.15) is 5.60 Å². The molecule has 0 rings (SSSR count). The molecule has 0 aliphatic carbocycles. The fourth-order valence-electron chi connectivity index (χ4n) is 1.03. The summed E-state index contributed by atoms with van der Waals surface area (Å²) in [4.78, 5) is 21.3. The van der Waals surface area contributed by atoms with Gasteiger partial charge in [-0.05, 0) is 41.5 Å². The summed E-state index contributed by atoms with van der Waals surface area (Å²) >= 11 is 0. The van der Waals surface area contributed by atoms with Crippen LogP contribution in [-0.2, 0) is 14.6 Å². The largest absolute Gasteiger partial charge is 0.478 e. The topological polar surface area (TPSA) is 55.8 Å². The molecular weight excluding hydrogens is 208 g/mol. The minimum atomic E-state index is -0.921. The van der Waals surface area contributed by atoms with Crippen LogP contribution in [0.5, 0.6) is 0 Å². The molecule has 0 radical (unpaired) electrons. The van der Waals surface area contributed by atoms with Gasteiger partial charge in [-0.3, -0.25) is 0 Å². The van der Waals surface area contributed by atoms with Gasteiger partial charge in [-0.15, -0.1) is 0 Å². The van der Waals surface area contributed by atoms with Gasteiger partial charge in [-0.25, -0.2) is 14.6 Å². The third-order valence-electron chi connectivity index (χ3n) is 1.76. The Labute approximate surface area is 97.2 Å². The molecule has 0 heterocycles. The van der Waals surface area contributed by atoms with Gasteiger partial charge in [-0.1, -0.05) is 6.08 Å². The number of rotatable bonds is 5. The lowest BCUT2D eigenvalue weighted by molar-refractivity contribution is -0.396. The Hall–Kier alpha value is -0.870. The van der Waals surface area contributed by atoms with Gasteiger partial charge >= 0.3 is 5.97 Å². The zero-order valence-corrected chi connectivity index (χ0v) is 11.0. The standard InChI is InChI=1S/C12H22O4/c1-7-9(10(13)14)8-12(5,6)16-15-11(2,3)4/h7H,8H2,1-6H3,(H,13,14). The highest BCUT2D eigenvalue weighted by Gasteiger charge is 2.27. The molecule has 16 heavy (non-hydrogen) atoms. The van der Waals surface area contributed by atoms with Crippen LogP contribution in [0, 0.1) is 0 Å². The molecule has 0 aliphatic rings. The molecule has 0 aromatic heterocycles. The summed E-state index contributed by atoms with van der Waals surface area (Å²) in [5, 5.41) is 8.90. The van der Waals surface area contributed by atoms with E-state index in [0.29, 0.717) is 12.0 Å². The summed E-state index contributed by atoms with van der Waals surface area (Å²) in [6, 6.07) is 0. The molecule has 0 unspecified atom stereocenters. The number of carboxylic acids is 1. The van der Waals surface area contributed by atoms with Crippen LogP contribution in [-0.4, -0.2) is 22.3 Å². The van der Waals surface area contributed by atoms with Gasteiger partial charge in [0.25, 0.3) is 0 Å². The predicted octanol–water partition coefficient (Wildman–Crippen LogP) is 2.93. The van der Waals surface area contributed by atoms with Gasteiger partial charge in [0.2, 0.25) is 0 Å². The quantitative estimate of drug-likeness (QED) is 0.448. The molecule has 0 saturated heterocycles. The summed E-state index contributed by atoms with van der Waals surface area (Å²) in [6.07, 6.45) is 1.87. The molecule has 0 bridgehead atoms. The smallest absolute Gasteiger partial charge is 0.331 e. The average Bonchev–Trinajstić information content (AvgIpc) is 2.10. The van der Waals surface area contributed by atoms with Gasteiger partial charge < -0.3 is 5.11 Å². The lowest BCUT2D eigenvalue weighted by Gasteiger charge is -2.28. The SMILES string of the molecule is CC=C(CC(C)(C)OOC(C)(C)C)C(=O)O. The first-order valence-corrected chi connectivity index (χ1v) is 5.33. The number of carbonyl (C=O) groups is 1. The normalized spacial score (nSPS) is 14.0. The first-order valence-electron chi connectivity index (χ1n) is 5.33. The molecule has 94 valence electrons. The van der Waals surface area contributed by atoms with E-state index >= 15 is 0 Å². The first kappa shape index (κ1) is 15.1. The Morgan fingerprint density at radius 1 is 1.19 bits per heavy atom. The van der Waals surface area contributed by atoms with Crippen LogP contribution in [0.1, 0.15) is 48.0 Å². The monoisotopic (exact) mass is 230 g/mol. The number of carboxylic acid groups (broad SMARTS) is 1. The van der Waals surface area contributed by atoms with Crippen LogP contribution < -0.4 is 0 Å². The maximum Gasteiger partial charge on any atom is 0.331 e. The van der Waals surface area contributed by atoms with Crippen molar-refractivity contribution in [1.82, 2.24) is 0 Å². The van der Waals surface area contributed by atoms with Crippen LogP contribution >= 0.6 is 0 Å². The zero-order valence-electron chi connectivity index (χ0n) is 11.0. The van der Waals surface area contributed by atoms with Crippen LogP contribution in [0.4, 0.5) is 0 Å². The maximum atomic E-state index is 10.8. The molecule has 1 N–H and O–H groups in total. The van der Waals surface area contributed by atoms with E-state index in [1.165, 1.54) is 0 Å². The van der Waals surface area contributed by atoms with E-state index in [1.807, 2.05) is 20.8 Å². The maximum absolute atomic E-state index is 10.8. The number of aliphatic carboxylic acids is 1. The van der Waals surface area contributed by atoms with Gasteiger partial charge in [0.05, 0.1) is 5.60 Å². The molecule has 0 spiro atoms. The van der Waals surface area contributed by atoms with Crippen molar-refractivity contribution in [3.05, 3.63) is 11.6 Å². The third kappa shape index (κ3) is 6.58. The van der Waals surface area contributed by atoms with Gasteiger partial charge in [0.15, 0.2) is 0 Å². The fraction of sp³-hybridized carbons (Fsp3) is 0.750. The van der Waals surface area contributed by atoms with Crippen LogP contribution in [0.25, 0.3) is 0 Å². The summed E-state index contributed by atoms with van der Waals surface area (Å²) in [5.74, 6) is -0.921. The van der Waals surface area contributed by atoms with E-state index in [1.54, 1.807) is 26.8 Å². The van der Waals surface area contributed by atoms with E-state index in [-0.39, 0.29) is 0 Å². The van der Waals surface area contributed by atoms with Crippen molar-refractivity contribution in [2.24, 2.45) is 0 Å². The van der Waals surface area contributed by atoms with Crippen LogP contribution in [0.15, 0.2) is 11.6 Å². The summed E-state index contributed by atoms with van der Waals surface area (Å²) in [5.41, 5.74) is -0.744. The van der Waals surface area contributed by atoms with E-state index in [2.05, 4.69) is 0 Å². The fourth-order valence-corrected chi connectivity index (χ4v) is 1.03. The Bertz CT molecular complexity index is 271. The van der Waals surface area contributed by atoms with Crippen molar-refractivity contribution in [2.75, 3.05) is 0 Å². The molecular formula is C12H22O4. The highest BCUT2D eigenvalue weighted by Crippen LogP contribution is 2.23. The molecule has 0 aliphatic heterocycles. The number of allylic oxidation sites excluding steroid dienone is 1. The van der Waals surface area contributed by atoms with Gasteiger partial charge in [0, 0.05) is 12.0 Å². The minimum absolute atomic E-state index is 0.301. The average molecular weight is 230 g/mol. The molecule has 0 saturated carbocycles. The van der Waals surface area contributed by atoms with Gasteiger partial charge in [-0.2, -0.15) is 0 Å². The highest BCUT2D eigenvalue weighted by atomic mass is 17.2. The Morgan fingerprint density at radius 3 is 2.00 bits per heavy atom. The Balaban J connectivity index is 4.40. The summed E-state index contributed by atoms with van der Waals surface area (Å²) in [6.45, 7) is 10.9. The lowest BCUT2D eigenvalue weighted by Crippen LogP contribution is -2.31. The number of hydrogen-bond donors (Lipinski definition) is 1. The Kier molecular flexibility index (Phi) is 5.16. The first-order chi connectivity index (χ1) is 7.07. The van der Waals surface area contributed by atoms with E-state index < -0.39 is 17.2 Å². The number of hydrogen-bond acceptors (Lipinski definition) is 3. The second kappa shape index (κ2) is 5.46. The van der Waals surface area contributed by atoms with Crippen molar-refractivity contribution in [3.63, 3.8) is 0 Å². The Morgan fingerprint density at radius 2 is 1.69 bits per heavy atom. The minimum Gasteiger partial charge on any atom is -0.478 e. The van der Waals surface area contributed by atoms with Crippen molar-refractivity contribution < 1.29 is 19.7 Å². The molecule has 0 aromatic rings. The van der Waals surface area contributed by atoms with Crippen LogP contribution in [0.2, 0.25) is 0 Å². The molecule has 0 atom stereocenters. The summed E-state index contributed by atoms with van der Waals surface area (Å²) in [7, 11) is 0. The van der Waals surface area contributed by atoms with Crippen molar-refractivity contribution >= 4 is 5.97 Å². The van der Waals surface area contributed by atoms with E-state index in [4.69, 9.17) is 14.9 Å². The van der Waals surface area contributed by atoms with Crippen molar-refractivity contribution in [3.8, 4) is 0 Å². The highest BCUT2D eigenvalue weighted by molar-refractivity contribution is 5.86. The summed E-state index contributed by atoms with van der Waals surface area (Å²) < 4.78 is 0. The molecule has 0 fully saturated rings. The van der Waals surface area contributed by atoms with E-state index in [9.17, 15) is 4.79 Å². The lowest BCUT2D eigenvalue weighted by atomic mass is 9.98. The molecule has 0 amide bonds.